The topological polar surface area (TPSA) is 116 Å². The highest BCUT2D eigenvalue weighted by Crippen LogP contribution is 2.30. The van der Waals surface area contributed by atoms with Gasteiger partial charge < -0.3 is 13.9 Å². The fourth-order valence-corrected chi connectivity index (χ4v) is 4.54. The van der Waals surface area contributed by atoms with E-state index in [2.05, 4.69) is 44.4 Å². The number of aromatic amines is 1. The fourth-order valence-electron chi connectivity index (χ4n) is 3.54. The van der Waals surface area contributed by atoms with Gasteiger partial charge in [0.05, 0.1) is 30.4 Å². The molecule has 0 aliphatic rings. The molecule has 35 heavy (non-hydrogen) atoms. The molecule has 1 N–H and O–H groups in total. The highest BCUT2D eigenvalue weighted by atomic mass is 32.1. The van der Waals surface area contributed by atoms with Gasteiger partial charge in [0.15, 0.2) is 5.69 Å². The van der Waals surface area contributed by atoms with Gasteiger partial charge >= 0.3 is 0 Å². The van der Waals surface area contributed by atoms with E-state index in [1.54, 1.807) is 11.3 Å². The molecular formula is C25H23N5O4S. The van der Waals surface area contributed by atoms with Crippen molar-refractivity contribution in [2.45, 2.75) is 26.2 Å². The van der Waals surface area contributed by atoms with Crippen molar-refractivity contribution in [3.05, 3.63) is 69.8 Å². The zero-order valence-electron chi connectivity index (χ0n) is 19.3. The number of benzene rings is 2. The minimum atomic E-state index is -0.469. The average molecular weight is 490 g/mol. The summed E-state index contributed by atoms with van der Waals surface area (Å²) in [5.74, 6) is 0.481. The molecule has 178 valence electrons. The first-order valence-electron chi connectivity index (χ1n) is 11.2. The number of nitrogens with one attached hydrogen (secondary N) is 1. The number of fused-ring (bicyclic) bond motifs is 1. The normalized spacial score (nSPS) is 11.1. The van der Waals surface area contributed by atoms with Crippen LogP contribution >= 0.6 is 11.3 Å². The first-order valence-corrected chi connectivity index (χ1v) is 12.0. The predicted octanol–water partition coefficient (Wildman–Crippen LogP) is 4.87. The Kier molecular flexibility index (Phi) is 6.53. The summed E-state index contributed by atoms with van der Waals surface area (Å²) < 4.78 is 17.7. The molecule has 5 rings (SSSR count). The van der Waals surface area contributed by atoms with E-state index in [9.17, 15) is 4.79 Å². The van der Waals surface area contributed by atoms with Crippen LogP contribution in [0.3, 0.4) is 0 Å². The molecule has 0 fully saturated rings. The molecule has 0 aliphatic carbocycles. The van der Waals surface area contributed by atoms with E-state index in [-0.39, 0.29) is 23.3 Å². The van der Waals surface area contributed by atoms with Gasteiger partial charge in [-0.05, 0) is 29.7 Å². The molecule has 0 saturated carbocycles. The van der Waals surface area contributed by atoms with Crippen molar-refractivity contribution in [3.63, 3.8) is 0 Å². The van der Waals surface area contributed by atoms with Crippen LogP contribution in [-0.4, -0.2) is 38.9 Å². The Bertz CT molecular complexity index is 1510. The summed E-state index contributed by atoms with van der Waals surface area (Å²) in [6.07, 6.45) is 2.08. The monoisotopic (exact) mass is 489 g/mol. The van der Waals surface area contributed by atoms with Gasteiger partial charge in [0, 0.05) is 0 Å². The summed E-state index contributed by atoms with van der Waals surface area (Å²) in [5, 5.41) is 9.10. The second-order valence-electron chi connectivity index (χ2n) is 7.79. The lowest BCUT2D eigenvalue weighted by molar-refractivity contribution is 0.300. The van der Waals surface area contributed by atoms with Crippen molar-refractivity contribution in [1.82, 2.24) is 25.1 Å². The Morgan fingerprint density at radius 2 is 1.91 bits per heavy atom. The van der Waals surface area contributed by atoms with E-state index in [4.69, 9.17) is 18.9 Å². The molecule has 0 bridgehead atoms. The highest BCUT2D eigenvalue weighted by Gasteiger charge is 2.21. The van der Waals surface area contributed by atoms with Gasteiger partial charge in [-0.25, -0.2) is 4.98 Å². The zero-order valence-corrected chi connectivity index (χ0v) is 20.1. The minimum absolute atomic E-state index is 0.0304. The number of nitrogens with zero attached hydrogens (tertiary/aromatic N) is 4. The minimum Gasteiger partial charge on any atom is -0.486 e. The lowest BCUT2D eigenvalue weighted by Gasteiger charge is -2.08. The van der Waals surface area contributed by atoms with Gasteiger partial charge in [0.1, 0.15) is 5.01 Å². The maximum atomic E-state index is 12.5. The largest absolute Gasteiger partial charge is 0.486 e. The quantitative estimate of drug-likeness (QED) is 0.291. The number of ether oxygens (including phenoxy) is 2. The molecule has 0 amide bonds. The predicted molar refractivity (Wildman–Crippen MR) is 133 cm³/mol. The molecule has 2 aromatic carbocycles. The van der Waals surface area contributed by atoms with Gasteiger partial charge in [-0.3, -0.25) is 9.78 Å². The molecule has 0 radical (unpaired) electrons. The van der Waals surface area contributed by atoms with Gasteiger partial charge in [0.25, 0.3) is 17.5 Å². The third-order valence-corrected chi connectivity index (χ3v) is 6.32. The van der Waals surface area contributed by atoms with Crippen LogP contribution in [0.1, 0.15) is 30.7 Å². The summed E-state index contributed by atoms with van der Waals surface area (Å²) in [6.45, 7) is 2.41. The maximum absolute atomic E-state index is 12.5. The molecule has 3 aromatic heterocycles. The number of rotatable bonds is 9. The van der Waals surface area contributed by atoms with Crippen molar-refractivity contribution in [3.8, 4) is 34.5 Å². The summed E-state index contributed by atoms with van der Waals surface area (Å²) >= 11 is 1.58. The standard InChI is InChI=1S/C25H23N5O4S/c1-3-4-12-33-22-21(27-25(32-2)28-23(22)31)24-30-29-19(34-24)14-20-26-17-11-10-16(13-18(17)35-20)15-8-6-5-7-9-15/h5-11,13H,3-4,12,14H2,1-2H3,(H,27,28,31). The third kappa shape index (κ3) is 4.92. The van der Waals surface area contributed by atoms with Crippen LogP contribution in [0.15, 0.2) is 57.7 Å². The first-order chi connectivity index (χ1) is 17.1. The molecule has 5 aromatic rings. The third-order valence-electron chi connectivity index (χ3n) is 5.30. The van der Waals surface area contributed by atoms with Crippen molar-refractivity contribution in [1.29, 1.82) is 0 Å². The Labute approximate surface area is 204 Å². The highest BCUT2D eigenvalue weighted by molar-refractivity contribution is 7.18. The molecule has 0 atom stereocenters. The Morgan fingerprint density at radius 1 is 1.06 bits per heavy atom. The number of H-pyrrole nitrogens is 1. The van der Waals surface area contributed by atoms with Crippen molar-refractivity contribution in [2.24, 2.45) is 0 Å². The van der Waals surface area contributed by atoms with Crippen molar-refractivity contribution >= 4 is 21.6 Å². The van der Waals surface area contributed by atoms with E-state index < -0.39 is 5.56 Å². The van der Waals surface area contributed by atoms with E-state index >= 15 is 0 Å². The molecule has 0 spiro atoms. The molecule has 0 aliphatic heterocycles. The summed E-state index contributed by atoms with van der Waals surface area (Å²) in [7, 11) is 1.41. The molecule has 0 saturated heterocycles. The second kappa shape index (κ2) is 10.1. The SMILES string of the molecule is CCCCOc1c(-c2nnc(Cc3nc4ccc(-c5ccccc5)cc4s3)o2)nc(OC)[nH]c1=O. The van der Waals surface area contributed by atoms with Crippen molar-refractivity contribution in [2.75, 3.05) is 13.7 Å². The van der Waals surface area contributed by atoms with Crippen LogP contribution in [0.2, 0.25) is 0 Å². The van der Waals surface area contributed by atoms with Gasteiger partial charge in [0.2, 0.25) is 11.6 Å². The van der Waals surface area contributed by atoms with Gasteiger partial charge in [-0.1, -0.05) is 49.7 Å². The van der Waals surface area contributed by atoms with Crippen LogP contribution in [0, 0.1) is 0 Å². The Morgan fingerprint density at radius 3 is 2.71 bits per heavy atom. The summed E-state index contributed by atoms with van der Waals surface area (Å²) in [4.78, 5) is 24.0. The molecule has 0 unspecified atom stereocenters. The second-order valence-corrected chi connectivity index (χ2v) is 8.90. The van der Waals surface area contributed by atoms with E-state index in [0.717, 1.165) is 39.2 Å². The number of hydrogen-bond acceptors (Lipinski definition) is 9. The van der Waals surface area contributed by atoms with Crippen LogP contribution in [0.5, 0.6) is 11.8 Å². The van der Waals surface area contributed by atoms with Crippen LogP contribution in [0.25, 0.3) is 32.9 Å². The van der Waals surface area contributed by atoms with Gasteiger partial charge in [-0.15, -0.1) is 21.5 Å². The van der Waals surface area contributed by atoms with Crippen LogP contribution in [0.4, 0.5) is 0 Å². The first kappa shape index (κ1) is 22.7. The zero-order chi connectivity index (χ0) is 24.2. The van der Waals surface area contributed by atoms with E-state index in [0.29, 0.717) is 18.9 Å². The number of methoxy groups -OCH3 is 1. The number of thiazole rings is 1. The van der Waals surface area contributed by atoms with E-state index in [1.165, 1.54) is 7.11 Å². The van der Waals surface area contributed by atoms with E-state index in [1.807, 2.05) is 31.2 Å². The molecular weight excluding hydrogens is 466 g/mol. The molecule has 10 heteroatoms. The fraction of sp³-hybridized carbons (Fsp3) is 0.240. The Balaban J connectivity index is 1.41. The number of hydrogen-bond donors (Lipinski definition) is 1. The Hall–Kier alpha value is -4.05. The van der Waals surface area contributed by atoms with Crippen molar-refractivity contribution < 1.29 is 13.9 Å². The summed E-state index contributed by atoms with van der Waals surface area (Å²) in [6, 6.07) is 16.5. The molecule has 3 heterocycles. The maximum Gasteiger partial charge on any atom is 0.297 e. The smallest absolute Gasteiger partial charge is 0.297 e. The molecule has 9 nitrogen and oxygen atoms in total. The number of aromatic nitrogens is 5. The lowest BCUT2D eigenvalue weighted by Crippen LogP contribution is -2.16. The summed E-state index contributed by atoms with van der Waals surface area (Å²) in [5.41, 5.74) is 2.89. The lowest BCUT2D eigenvalue weighted by atomic mass is 10.1. The number of unbranched alkanes of at least 4 members (excludes halogenated alkanes) is 1. The van der Waals surface area contributed by atoms with Crippen LogP contribution < -0.4 is 15.0 Å². The van der Waals surface area contributed by atoms with Gasteiger partial charge in [-0.2, -0.15) is 4.98 Å². The van der Waals surface area contributed by atoms with Crippen LogP contribution in [-0.2, 0) is 6.42 Å². The average Bonchev–Trinajstić information content (AvgIpc) is 3.51.